The van der Waals surface area contributed by atoms with Gasteiger partial charge in [-0.05, 0) is 38.1 Å². The number of benzene rings is 1. The number of nitrogens with zero attached hydrogens (tertiary/aromatic N) is 1. The van der Waals surface area contributed by atoms with E-state index in [1.165, 1.54) is 25.9 Å². The molecule has 1 aliphatic rings. The van der Waals surface area contributed by atoms with Gasteiger partial charge in [-0.2, -0.15) is 0 Å². The number of carbonyl (C=O) groups is 1. The van der Waals surface area contributed by atoms with Gasteiger partial charge in [-0.3, -0.25) is 4.79 Å². The first kappa shape index (κ1) is 14.0. The number of hydrogen-bond donors (Lipinski definition) is 1. The summed E-state index contributed by atoms with van der Waals surface area (Å²) in [5.74, 6) is 0.0276. The molecule has 1 aliphatic heterocycles. The Morgan fingerprint density at radius 3 is 2.47 bits per heavy atom. The highest BCUT2D eigenvalue weighted by molar-refractivity contribution is 5.94. The lowest BCUT2D eigenvalue weighted by molar-refractivity contribution is 0.0950. The maximum Gasteiger partial charge on any atom is 0.251 e. The zero-order chi connectivity index (χ0) is 11.2. The number of hydrogen-bond acceptors (Lipinski definition) is 2. The van der Waals surface area contributed by atoms with Gasteiger partial charge in [0.2, 0.25) is 0 Å². The van der Waals surface area contributed by atoms with Crippen LogP contribution >= 0.6 is 12.4 Å². The lowest BCUT2D eigenvalue weighted by atomic mass is 10.2. The zero-order valence-electron chi connectivity index (χ0n) is 9.89. The second-order valence-corrected chi connectivity index (χ2v) is 4.17. The monoisotopic (exact) mass is 254 g/mol. The fraction of sp³-hybridized carbons (Fsp3) is 0.462. The van der Waals surface area contributed by atoms with Gasteiger partial charge in [0.1, 0.15) is 0 Å². The van der Waals surface area contributed by atoms with Crippen LogP contribution in [0.15, 0.2) is 30.3 Å². The molecule has 0 saturated carbocycles. The second-order valence-electron chi connectivity index (χ2n) is 4.17. The van der Waals surface area contributed by atoms with Crippen molar-refractivity contribution in [3.05, 3.63) is 35.9 Å². The largest absolute Gasteiger partial charge is 0.351 e. The summed E-state index contributed by atoms with van der Waals surface area (Å²) >= 11 is 0. The molecule has 1 saturated heterocycles. The standard InChI is InChI=1S/C13H18N2O.ClH/c16-13(12-6-2-1-3-7-12)14-8-11-15-9-4-5-10-15;/h1-3,6-7H,4-5,8-11H2,(H,14,16);1H. The summed E-state index contributed by atoms with van der Waals surface area (Å²) in [4.78, 5) is 14.1. The summed E-state index contributed by atoms with van der Waals surface area (Å²) in [5, 5.41) is 2.95. The summed E-state index contributed by atoms with van der Waals surface area (Å²) in [6.07, 6.45) is 2.60. The van der Waals surface area contributed by atoms with Crippen LogP contribution in [-0.2, 0) is 0 Å². The van der Waals surface area contributed by atoms with E-state index >= 15 is 0 Å². The van der Waals surface area contributed by atoms with Crippen molar-refractivity contribution < 1.29 is 4.79 Å². The van der Waals surface area contributed by atoms with E-state index in [-0.39, 0.29) is 18.3 Å². The third kappa shape index (κ3) is 4.36. The molecule has 0 aliphatic carbocycles. The number of nitrogens with one attached hydrogen (secondary N) is 1. The van der Waals surface area contributed by atoms with Crippen molar-refractivity contribution in [2.75, 3.05) is 26.2 Å². The van der Waals surface area contributed by atoms with Gasteiger partial charge in [0.15, 0.2) is 0 Å². The molecule has 0 aromatic heterocycles. The number of halogens is 1. The van der Waals surface area contributed by atoms with Crippen LogP contribution in [0.4, 0.5) is 0 Å². The van der Waals surface area contributed by atoms with Gasteiger partial charge in [0, 0.05) is 18.7 Å². The minimum Gasteiger partial charge on any atom is -0.351 e. The van der Waals surface area contributed by atoms with E-state index in [0.717, 1.165) is 18.7 Å². The van der Waals surface area contributed by atoms with E-state index in [1.807, 2.05) is 30.3 Å². The van der Waals surface area contributed by atoms with E-state index in [1.54, 1.807) is 0 Å². The summed E-state index contributed by atoms with van der Waals surface area (Å²) in [6, 6.07) is 9.36. The van der Waals surface area contributed by atoms with E-state index in [4.69, 9.17) is 0 Å². The summed E-state index contributed by atoms with van der Waals surface area (Å²) in [7, 11) is 0. The number of amides is 1. The molecule has 1 heterocycles. The Hall–Kier alpha value is -1.06. The maximum absolute atomic E-state index is 11.7. The van der Waals surface area contributed by atoms with Crippen molar-refractivity contribution in [1.29, 1.82) is 0 Å². The summed E-state index contributed by atoms with van der Waals surface area (Å²) in [6.45, 7) is 4.08. The summed E-state index contributed by atoms with van der Waals surface area (Å²) < 4.78 is 0. The Balaban J connectivity index is 0.00000144. The maximum atomic E-state index is 11.7. The SMILES string of the molecule is Cl.O=C(NCCN1CCCC1)c1ccccc1. The van der Waals surface area contributed by atoms with Crippen molar-refractivity contribution in [3.8, 4) is 0 Å². The van der Waals surface area contributed by atoms with Gasteiger partial charge < -0.3 is 10.2 Å². The molecule has 0 spiro atoms. The van der Waals surface area contributed by atoms with Crippen LogP contribution in [0.5, 0.6) is 0 Å². The molecule has 0 radical (unpaired) electrons. The molecule has 0 atom stereocenters. The normalized spacial score (nSPS) is 15.3. The Kier molecular flexibility index (Phi) is 6.01. The van der Waals surface area contributed by atoms with Crippen LogP contribution in [0.2, 0.25) is 0 Å². The van der Waals surface area contributed by atoms with Crippen molar-refractivity contribution in [3.63, 3.8) is 0 Å². The van der Waals surface area contributed by atoms with Crippen molar-refractivity contribution in [2.45, 2.75) is 12.8 Å². The highest BCUT2D eigenvalue weighted by Crippen LogP contribution is 2.05. The van der Waals surface area contributed by atoms with Crippen molar-refractivity contribution in [2.24, 2.45) is 0 Å². The Morgan fingerprint density at radius 2 is 1.82 bits per heavy atom. The molecular formula is C13H19ClN2O. The average Bonchev–Trinajstić information content (AvgIpc) is 2.83. The molecule has 0 bridgehead atoms. The third-order valence-electron chi connectivity index (χ3n) is 2.95. The second kappa shape index (κ2) is 7.30. The fourth-order valence-electron chi connectivity index (χ4n) is 2.03. The quantitative estimate of drug-likeness (QED) is 0.891. The van der Waals surface area contributed by atoms with Gasteiger partial charge >= 0.3 is 0 Å². The third-order valence-corrected chi connectivity index (χ3v) is 2.95. The molecule has 17 heavy (non-hydrogen) atoms. The molecule has 1 fully saturated rings. The fourth-order valence-corrected chi connectivity index (χ4v) is 2.03. The van der Waals surface area contributed by atoms with Gasteiger partial charge in [-0.25, -0.2) is 0 Å². The highest BCUT2D eigenvalue weighted by Gasteiger charge is 2.11. The number of rotatable bonds is 4. The van der Waals surface area contributed by atoms with Gasteiger partial charge in [-0.15, -0.1) is 12.4 Å². The predicted octanol–water partition coefficient (Wildman–Crippen LogP) is 1.93. The van der Waals surface area contributed by atoms with Crippen LogP contribution in [-0.4, -0.2) is 37.0 Å². The average molecular weight is 255 g/mol. The minimum atomic E-state index is 0. The molecule has 0 unspecified atom stereocenters. The first-order chi connectivity index (χ1) is 7.86. The Bertz CT molecular complexity index is 337. The van der Waals surface area contributed by atoms with Crippen molar-refractivity contribution >= 4 is 18.3 Å². The Morgan fingerprint density at radius 1 is 1.18 bits per heavy atom. The van der Waals surface area contributed by atoms with E-state index in [9.17, 15) is 4.79 Å². The molecule has 1 aromatic carbocycles. The molecule has 1 aromatic rings. The van der Waals surface area contributed by atoms with Crippen LogP contribution in [0.3, 0.4) is 0 Å². The Labute approximate surface area is 109 Å². The lowest BCUT2D eigenvalue weighted by Crippen LogP contribution is -2.33. The van der Waals surface area contributed by atoms with Crippen LogP contribution < -0.4 is 5.32 Å². The predicted molar refractivity (Wildman–Crippen MR) is 71.7 cm³/mol. The molecule has 4 heteroatoms. The minimum absolute atomic E-state index is 0. The van der Waals surface area contributed by atoms with E-state index in [0.29, 0.717) is 0 Å². The molecule has 94 valence electrons. The zero-order valence-corrected chi connectivity index (χ0v) is 10.7. The molecule has 2 rings (SSSR count). The van der Waals surface area contributed by atoms with E-state index in [2.05, 4.69) is 10.2 Å². The summed E-state index contributed by atoms with van der Waals surface area (Å²) in [5.41, 5.74) is 0.740. The topological polar surface area (TPSA) is 32.3 Å². The first-order valence-electron chi connectivity index (χ1n) is 5.92. The number of likely N-dealkylation sites (tertiary alicyclic amines) is 1. The molecular weight excluding hydrogens is 236 g/mol. The smallest absolute Gasteiger partial charge is 0.251 e. The molecule has 3 nitrogen and oxygen atoms in total. The van der Waals surface area contributed by atoms with Gasteiger partial charge in [0.25, 0.3) is 5.91 Å². The highest BCUT2D eigenvalue weighted by atomic mass is 35.5. The molecule has 1 N–H and O–H groups in total. The van der Waals surface area contributed by atoms with Crippen LogP contribution in [0, 0.1) is 0 Å². The first-order valence-corrected chi connectivity index (χ1v) is 5.92. The lowest BCUT2D eigenvalue weighted by Gasteiger charge is -2.14. The van der Waals surface area contributed by atoms with E-state index < -0.39 is 0 Å². The number of carbonyl (C=O) groups excluding carboxylic acids is 1. The van der Waals surface area contributed by atoms with Crippen molar-refractivity contribution in [1.82, 2.24) is 10.2 Å². The van der Waals surface area contributed by atoms with Crippen LogP contribution in [0.25, 0.3) is 0 Å². The van der Waals surface area contributed by atoms with Gasteiger partial charge in [-0.1, -0.05) is 18.2 Å². The molecule has 1 amide bonds. The van der Waals surface area contributed by atoms with Gasteiger partial charge in [0.05, 0.1) is 0 Å². The van der Waals surface area contributed by atoms with Crippen LogP contribution in [0.1, 0.15) is 23.2 Å².